The highest BCUT2D eigenvalue weighted by molar-refractivity contribution is 7.18. The maximum Gasteiger partial charge on any atom is 0.165 e. The molecule has 7 nitrogen and oxygen atoms in total. The van der Waals surface area contributed by atoms with Gasteiger partial charge in [0, 0.05) is 29.4 Å². The van der Waals surface area contributed by atoms with Crippen molar-refractivity contribution in [1.82, 2.24) is 15.2 Å². The molecule has 0 amide bonds. The monoisotopic (exact) mass is 437 g/mol. The first-order valence-corrected chi connectivity index (χ1v) is 10.1. The SMILES string of the molecule is CC(C)Nc1ccc(-c2nnc(-c3cc(F)c(OC[C@H](N)CO)cc3Cl)s2)cn1. The molecule has 0 saturated heterocycles. The molecule has 29 heavy (non-hydrogen) atoms. The Morgan fingerprint density at radius 2 is 2.03 bits per heavy atom. The Labute approximate surface area is 176 Å². The van der Waals surface area contributed by atoms with Crippen molar-refractivity contribution in [2.24, 2.45) is 5.73 Å². The van der Waals surface area contributed by atoms with Crippen LogP contribution in [0.3, 0.4) is 0 Å². The van der Waals surface area contributed by atoms with Gasteiger partial charge in [-0.2, -0.15) is 0 Å². The van der Waals surface area contributed by atoms with E-state index in [-0.39, 0.29) is 30.0 Å². The number of anilines is 1. The number of aliphatic hydroxyl groups excluding tert-OH is 1. The van der Waals surface area contributed by atoms with E-state index in [1.807, 2.05) is 26.0 Å². The van der Waals surface area contributed by atoms with Gasteiger partial charge in [0.15, 0.2) is 11.6 Å². The van der Waals surface area contributed by atoms with Crippen molar-refractivity contribution in [1.29, 1.82) is 0 Å². The molecule has 0 spiro atoms. The van der Waals surface area contributed by atoms with Gasteiger partial charge in [0.25, 0.3) is 0 Å². The standard InChI is InChI=1S/C19H21ClFN5O2S/c1-10(2)24-17-4-3-11(7-23-17)18-25-26-19(29-18)13-5-15(21)16(6-14(13)20)28-9-12(22)8-27/h3-7,10,12,27H,8-9,22H2,1-2H3,(H,23,24)/t12-/m1/s1. The van der Waals surface area contributed by atoms with Crippen LogP contribution in [-0.4, -0.2) is 45.6 Å². The van der Waals surface area contributed by atoms with Gasteiger partial charge < -0.3 is 20.9 Å². The van der Waals surface area contributed by atoms with Crippen LogP contribution in [0.25, 0.3) is 21.1 Å². The zero-order valence-corrected chi connectivity index (χ0v) is 17.5. The van der Waals surface area contributed by atoms with E-state index in [4.69, 9.17) is 27.2 Å². The van der Waals surface area contributed by atoms with E-state index in [1.54, 1.807) is 6.20 Å². The highest BCUT2D eigenvalue weighted by Gasteiger charge is 2.17. The number of nitrogens with one attached hydrogen (secondary N) is 1. The van der Waals surface area contributed by atoms with Crippen molar-refractivity contribution in [3.05, 3.63) is 41.3 Å². The first-order chi connectivity index (χ1) is 13.9. The summed E-state index contributed by atoms with van der Waals surface area (Å²) in [6.07, 6.45) is 1.71. The van der Waals surface area contributed by atoms with E-state index in [0.29, 0.717) is 15.6 Å². The number of hydrogen-bond acceptors (Lipinski definition) is 8. The fraction of sp³-hybridized carbons (Fsp3) is 0.316. The van der Waals surface area contributed by atoms with Gasteiger partial charge in [-0.15, -0.1) is 10.2 Å². The van der Waals surface area contributed by atoms with Crippen LogP contribution in [0.2, 0.25) is 5.02 Å². The average Bonchev–Trinajstić information content (AvgIpc) is 3.18. The number of nitrogens with two attached hydrogens (primary N) is 1. The average molecular weight is 438 g/mol. The number of benzene rings is 1. The lowest BCUT2D eigenvalue weighted by atomic mass is 10.2. The fourth-order valence-electron chi connectivity index (χ4n) is 2.40. The van der Waals surface area contributed by atoms with E-state index in [0.717, 1.165) is 11.4 Å². The molecule has 3 aromatic rings. The van der Waals surface area contributed by atoms with Gasteiger partial charge in [-0.1, -0.05) is 22.9 Å². The van der Waals surface area contributed by atoms with E-state index < -0.39 is 11.9 Å². The summed E-state index contributed by atoms with van der Waals surface area (Å²) in [5.74, 6) is 0.136. The molecule has 0 unspecified atom stereocenters. The van der Waals surface area contributed by atoms with Gasteiger partial charge in [-0.3, -0.25) is 0 Å². The van der Waals surface area contributed by atoms with Crippen molar-refractivity contribution in [3.8, 4) is 26.9 Å². The Bertz CT molecular complexity index is 968. The minimum absolute atomic E-state index is 0.0271. The number of ether oxygens (including phenoxy) is 1. The summed E-state index contributed by atoms with van der Waals surface area (Å²) >= 11 is 7.58. The normalized spacial score (nSPS) is 12.2. The number of aromatic nitrogens is 3. The minimum atomic E-state index is -0.602. The highest BCUT2D eigenvalue weighted by atomic mass is 35.5. The Morgan fingerprint density at radius 3 is 2.69 bits per heavy atom. The van der Waals surface area contributed by atoms with Gasteiger partial charge >= 0.3 is 0 Å². The second-order valence-corrected chi connectivity index (χ2v) is 8.04. The molecule has 154 valence electrons. The van der Waals surface area contributed by atoms with E-state index >= 15 is 0 Å². The molecule has 0 aliphatic carbocycles. The van der Waals surface area contributed by atoms with Gasteiger partial charge in [-0.25, -0.2) is 9.37 Å². The molecule has 0 fully saturated rings. The Hall–Kier alpha value is -2.33. The van der Waals surface area contributed by atoms with Crippen molar-refractivity contribution < 1.29 is 14.2 Å². The molecule has 0 radical (unpaired) electrons. The summed E-state index contributed by atoms with van der Waals surface area (Å²) in [5.41, 5.74) is 6.78. The second kappa shape index (κ2) is 9.45. The molecule has 1 aromatic carbocycles. The van der Waals surface area contributed by atoms with E-state index in [2.05, 4.69) is 20.5 Å². The summed E-state index contributed by atoms with van der Waals surface area (Å²) in [6, 6.07) is 6.06. The maximum absolute atomic E-state index is 14.4. The Kier molecular flexibility index (Phi) is 6.96. The molecule has 10 heteroatoms. The van der Waals surface area contributed by atoms with Crippen LogP contribution in [0.5, 0.6) is 5.75 Å². The van der Waals surface area contributed by atoms with Crippen LogP contribution in [0.1, 0.15) is 13.8 Å². The number of hydrogen-bond donors (Lipinski definition) is 3. The third-order valence-electron chi connectivity index (χ3n) is 3.81. The first-order valence-electron chi connectivity index (χ1n) is 8.92. The molecule has 2 aromatic heterocycles. The van der Waals surface area contributed by atoms with Crippen LogP contribution in [-0.2, 0) is 0 Å². The van der Waals surface area contributed by atoms with Crippen LogP contribution >= 0.6 is 22.9 Å². The van der Waals surface area contributed by atoms with Gasteiger partial charge in [-0.05, 0) is 32.0 Å². The number of halogens is 2. The van der Waals surface area contributed by atoms with Crippen molar-refractivity contribution in [3.63, 3.8) is 0 Å². The highest BCUT2D eigenvalue weighted by Crippen LogP contribution is 2.37. The second-order valence-electron chi connectivity index (χ2n) is 6.66. The zero-order valence-electron chi connectivity index (χ0n) is 15.9. The van der Waals surface area contributed by atoms with E-state index in [1.165, 1.54) is 23.5 Å². The maximum atomic E-state index is 14.4. The number of pyridine rings is 1. The lowest BCUT2D eigenvalue weighted by Crippen LogP contribution is -2.31. The predicted octanol–water partition coefficient (Wildman–Crippen LogP) is 3.58. The largest absolute Gasteiger partial charge is 0.489 e. The van der Waals surface area contributed by atoms with E-state index in [9.17, 15) is 4.39 Å². The third kappa shape index (κ3) is 5.39. The number of rotatable bonds is 8. The summed E-state index contributed by atoms with van der Waals surface area (Å²) in [4.78, 5) is 4.36. The van der Waals surface area contributed by atoms with Crippen LogP contribution < -0.4 is 15.8 Å². The summed E-state index contributed by atoms with van der Waals surface area (Å²) in [6.45, 7) is 3.78. The molecular weight excluding hydrogens is 417 g/mol. The topological polar surface area (TPSA) is 106 Å². The molecule has 3 rings (SSSR count). The number of nitrogens with zero attached hydrogens (tertiary/aromatic N) is 3. The van der Waals surface area contributed by atoms with Crippen molar-refractivity contribution in [2.45, 2.75) is 25.9 Å². The Morgan fingerprint density at radius 1 is 1.28 bits per heavy atom. The summed E-state index contributed by atoms with van der Waals surface area (Å²) in [5, 5.41) is 21.9. The number of aliphatic hydroxyl groups is 1. The van der Waals surface area contributed by atoms with Gasteiger partial charge in [0.2, 0.25) is 0 Å². The zero-order chi connectivity index (χ0) is 21.0. The van der Waals surface area contributed by atoms with Gasteiger partial charge in [0.05, 0.1) is 17.7 Å². The van der Waals surface area contributed by atoms with Crippen LogP contribution in [0, 0.1) is 5.82 Å². The molecule has 0 aliphatic heterocycles. The van der Waals surface area contributed by atoms with Crippen molar-refractivity contribution >= 4 is 28.8 Å². The minimum Gasteiger partial charge on any atom is -0.489 e. The van der Waals surface area contributed by atoms with Crippen molar-refractivity contribution in [2.75, 3.05) is 18.5 Å². The molecule has 1 atom stereocenters. The summed E-state index contributed by atoms with van der Waals surface area (Å²) < 4.78 is 19.7. The van der Waals surface area contributed by atoms with Gasteiger partial charge in [0.1, 0.15) is 22.4 Å². The molecule has 0 aliphatic rings. The van der Waals surface area contributed by atoms with Crippen LogP contribution in [0.4, 0.5) is 10.2 Å². The molecular formula is C19H21ClFN5O2S. The molecule has 0 saturated carbocycles. The van der Waals surface area contributed by atoms with Crippen LogP contribution in [0.15, 0.2) is 30.5 Å². The quantitative estimate of drug-likeness (QED) is 0.494. The fourth-order valence-corrected chi connectivity index (χ4v) is 3.57. The third-order valence-corrected chi connectivity index (χ3v) is 5.13. The Balaban J connectivity index is 1.80. The first kappa shape index (κ1) is 21.4. The molecule has 0 bridgehead atoms. The smallest absolute Gasteiger partial charge is 0.165 e. The molecule has 2 heterocycles. The predicted molar refractivity (Wildman–Crippen MR) is 113 cm³/mol. The summed E-state index contributed by atoms with van der Waals surface area (Å²) in [7, 11) is 0. The molecule has 4 N–H and O–H groups in total. The lowest BCUT2D eigenvalue weighted by molar-refractivity contribution is 0.202. The lowest BCUT2D eigenvalue weighted by Gasteiger charge is -2.12.